The molecule has 0 radical (unpaired) electrons. The average molecular weight is 556 g/mol. The second kappa shape index (κ2) is 13.7. The van der Waals surface area contributed by atoms with Crippen LogP contribution in [0, 0.1) is 5.82 Å². The number of methoxy groups -OCH3 is 1. The molecule has 0 saturated carbocycles. The number of rotatable bonds is 13. The van der Waals surface area contributed by atoms with Crippen LogP contribution in [0.25, 0.3) is 0 Å². The molecule has 0 unspecified atom stereocenters. The third-order valence-electron chi connectivity index (χ3n) is 6.21. The lowest BCUT2D eigenvalue weighted by Gasteiger charge is -2.32. The molecule has 8 nitrogen and oxygen atoms in total. The van der Waals surface area contributed by atoms with Gasteiger partial charge in [-0.2, -0.15) is 0 Å². The largest absolute Gasteiger partial charge is 0.497 e. The second-order valence-corrected chi connectivity index (χ2v) is 10.9. The van der Waals surface area contributed by atoms with Crippen molar-refractivity contribution in [3.05, 3.63) is 90.2 Å². The molecule has 0 bridgehead atoms. The fourth-order valence-corrected chi connectivity index (χ4v) is 5.36. The fourth-order valence-electron chi connectivity index (χ4n) is 3.94. The van der Waals surface area contributed by atoms with Crippen molar-refractivity contribution in [1.82, 2.24) is 10.2 Å². The molecule has 0 spiro atoms. The molecule has 0 aliphatic carbocycles. The van der Waals surface area contributed by atoms with Gasteiger partial charge in [0.15, 0.2) is 0 Å². The number of anilines is 1. The molecule has 3 rings (SSSR count). The van der Waals surface area contributed by atoms with Crippen molar-refractivity contribution >= 4 is 27.5 Å². The van der Waals surface area contributed by atoms with Crippen LogP contribution in [0.1, 0.15) is 32.3 Å². The minimum absolute atomic E-state index is 0.0532. The van der Waals surface area contributed by atoms with Crippen LogP contribution in [0.2, 0.25) is 0 Å². The number of halogens is 1. The molecule has 208 valence electrons. The number of para-hydroxylation sites is 1. The number of hydrogen-bond acceptors (Lipinski definition) is 5. The van der Waals surface area contributed by atoms with E-state index < -0.39 is 34.3 Å². The summed E-state index contributed by atoms with van der Waals surface area (Å²) in [4.78, 5) is 28.0. The van der Waals surface area contributed by atoms with Gasteiger partial charge in [0, 0.05) is 13.1 Å². The SMILES string of the molecule is CCCCNC(=O)[C@H](C)N(Cc1cccc(OC)c1)C(=O)CN(c1ccccc1)S(=O)(=O)c1ccc(F)cc1. The summed E-state index contributed by atoms with van der Waals surface area (Å²) in [5, 5.41) is 2.85. The minimum Gasteiger partial charge on any atom is -0.497 e. The molecule has 3 aromatic carbocycles. The highest BCUT2D eigenvalue weighted by molar-refractivity contribution is 7.92. The normalized spacial score (nSPS) is 11.9. The van der Waals surface area contributed by atoms with Crippen LogP contribution in [0.3, 0.4) is 0 Å². The Morgan fingerprint density at radius 1 is 1.00 bits per heavy atom. The highest BCUT2D eigenvalue weighted by Crippen LogP contribution is 2.25. The Morgan fingerprint density at radius 3 is 2.33 bits per heavy atom. The first-order valence-corrected chi connectivity index (χ1v) is 14.1. The molecule has 0 heterocycles. The first kappa shape index (κ1) is 29.6. The molecule has 3 aromatic rings. The quantitative estimate of drug-likeness (QED) is 0.316. The molecule has 0 saturated heterocycles. The predicted octanol–water partition coefficient (Wildman–Crippen LogP) is 4.36. The van der Waals surface area contributed by atoms with Crippen LogP contribution in [0.5, 0.6) is 5.75 Å². The number of nitrogens with one attached hydrogen (secondary N) is 1. The summed E-state index contributed by atoms with van der Waals surface area (Å²) in [5.74, 6) is -0.911. The van der Waals surface area contributed by atoms with E-state index >= 15 is 0 Å². The van der Waals surface area contributed by atoms with Crippen LogP contribution in [0.15, 0.2) is 83.8 Å². The van der Waals surface area contributed by atoms with Crippen molar-refractivity contribution in [2.45, 2.75) is 44.2 Å². The summed E-state index contributed by atoms with van der Waals surface area (Å²) < 4.78 is 47.1. The first-order chi connectivity index (χ1) is 18.7. The summed E-state index contributed by atoms with van der Waals surface area (Å²) in [6.07, 6.45) is 1.69. The summed E-state index contributed by atoms with van der Waals surface area (Å²) in [7, 11) is -2.72. The van der Waals surface area contributed by atoms with E-state index in [2.05, 4.69) is 5.32 Å². The van der Waals surface area contributed by atoms with Gasteiger partial charge in [-0.15, -0.1) is 0 Å². The second-order valence-electron chi connectivity index (χ2n) is 8.99. The number of nitrogens with zero attached hydrogens (tertiary/aromatic N) is 2. The number of hydrogen-bond donors (Lipinski definition) is 1. The monoisotopic (exact) mass is 555 g/mol. The van der Waals surface area contributed by atoms with Crippen LogP contribution in [-0.4, -0.2) is 51.4 Å². The summed E-state index contributed by atoms with van der Waals surface area (Å²) in [6, 6.07) is 18.8. The minimum atomic E-state index is -4.25. The van der Waals surface area contributed by atoms with Crippen LogP contribution in [0.4, 0.5) is 10.1 Å². The maximum absolute atomic E-state index is 13.8. The van der Waals surface area contributed by atoms with Crippen LogP contribution < -0.4 is 14.4 Å². The number of sulfonamides is 1. The topological polar surface area (TPSA) is 96.0 Å². The van der Waals surface area contributed by atoms with Gasteiger partial charge in [0.05, 0.1) is 17.7 Å². The van der Waals surface area contributed by atoms with Gasteiger partial charge in [-0.3, -0.25) is 13.9 Å². The van der Waals surface area contributed by atoms with Crippen molar-refractivity contribution in [2.75, 3.05) is 24.5 Å². The van der Waals surface area contributed by atoms with Crippen LogP contribution >= 0.6 is 0 Å². The van der Waals surface area contributed by atoms with E-state index in [0.717, 1.165) is 41.4 Å². The Bertz CT molecular complexity index is 1350. The van der Waals surface area contributed by atoms with E-state index in [9.17, 15) is 22.4 Å². The average Bonchev–Trinajstić information content (AvgIpc) is 2.95. The van der Waals surface area contributed by atoms with Gasteiger partial charge in [0.1, 0.15) is 24.2 Å². The first-order valence-electron chi connectivity index (χ1n) is 12.7. The van der Waals surface area contributed by atoms with E-state index in [4.69, 9.17) is 4.74 Å². The van der Waals surface area contributed by atoms with E-state index in [1.54, 1.807) is 61.5 Å². The molecule has 1 atom stereocenters. The standard InChI is InChI=1S/C29H34FN3O5S/c1-4-5-18-31-29(35)22(2)32(20-23-10-9-13-26(19-23)38-3)28(34)21-33(25-11-7-6-8-12-25)39(36,37)27-16-14-24(30)15-17-27/h6-17,19,22H,4-5,18,20-21H2,1-3H3,(H,31,35)/t22-/m0/s1. The Morgan fingerprint density at radius 2 is 1.69 bits per heavy atom. The van der Waals surface area contributed by atoms with Gasteiger partial charge in [-0.25, -0.2) is 12.8 Å². The lowest BCUT2D eigenvalue weighted by Crippen LogP contribution is -2.51. The van der Waals surface area contributed by atoms with E-state index in [1.807, 2.05) is 6.92 Å². The van der Waals surface area contributed by atoms with Gasteiger partial charge in [-0.05, 0) is 67.4 Å². The summed E-state index contributed by atoms with van der Waals surface area (Å²) in [6.45, 7) is 3.57. The number of carbonyl (C=O) groups excluding carboxylic acids is 2. The third kappa shape index (κ3) is 7.79. The van der Waals surface area contributed by atoms with Crippen molar-refractivity contribution in [3.8, 4) is 5.75 Å². The molecule has 10 heteroatoms. The predicted molar refractivity (Wildman–Crippen MR) is 148 cm³/mol. The lowest BCUT2D eigenvalue weighted by molar-refractivity contribution is -0.139. The summed E-state index contributed by atoms with van der Waals surface area (Å²) in [5.41, 5.74) is 0.972. The maximum atomic E-state index is 13.8. The molecule has 39 heavy (non-hydrogen) atoms. The number of carbonyl (C=O) groups is 2. The number of ether oxygens (including phenoxy) is 1. The van der Waals surface area contributed by atoms with Gasteiger partial charge < -0.3 is 15.0 Å². The zero-order chi connectivity index (χ0) is 28.4. The highest BCUT2D eigenvalue weighted by atomic mass is 32.2. The number of benzene rings is 3. The van der Waals surface area contributed by atoms with Crippen molar-refractivity contribution in [1.29, 1.82) is 0 Å². The van der Waals surface area contributed by atoms with E-state index in [1.165, 1.54) is 12.0 Å². The van der Waals surface area contributed by atoms with Gasteiger partial charge in [0.2, 0.25) is 11.8 Å². The highest BCUT2D eigenvalue weighted by Gasteiger charge is 2.32. The van der Waals surface area contributed by atoms with Crippen molar-refractivity contribution in [2.24, 2.45) is 0 Å². The van der Waals surface area contributed by atoms with E-state index in [0.29, 0.717) is 17.9 Å². The summed E-state index contributed by atoms with van der Waals surface area (Å²) >= 11 is 0. The zero-order valence-corrected chi connectivity index (χ0v) is 23.2. The molecule has 1 N–H and O–H groups in total. The van der Waals surface area contributed by atoms with Crippen molar-refractivity contribution in [3.63, 3.8) is 0 Å². The Balaban J connectivity index is 1.98. The fraction of sp³-hybridized carbons (Fsp3) is 0.310. The number of amides is 2. The molecule has 0 fully saturated rings. The molecule has 0 aliphatic heterocycles. The van der Waals surface area contributed by atoms with E-state index in [-0.39, 0.29) is 23.0 Å². The van der Waals surface area contributed by atoms with Crippen LogP contribution in [-0.2, 0) is 26.2 Å². The maximum Gasteiger partial charge on any atom is 0.264 e. The molecular weight excluding hydrogens is 521 g/mol. The van der Waals surface area contributed by atoms with Gasteiger partial charge in [0.25, 0.3) is 10.0 Å². The Labute approximate surface area is 229 Å². The Kier molecular flexibility index (Phi) is 10.4. The smallest absolute Gasteiger partial charge is 0.264 e. The van der Waals surface area contributed by atoms with Crippen molar-refractivity contribution < 1.29 is 27.1 Å². The molecule has 0 aliphatic rings. The lowest BCUT2D eigenvalue weighted by atomic mass is 10.1. The molecular formula is C29H34FN3O5S. The van der Waals surface area contributed by atoms with Gasteiger partial charge in [-0.1, -0.05) is 43.7 Å². The Hall–Kier alpha value is -3.92. The van der Waals surface area contributed by atoms with Gasteiger partial charge >= 0.3 is 0 Å². The number of unbranched alkanes of at least 4 members (excludes halogenated alkanes) is 1. The molecule has 2 amide bonds. The molecule has 0 aromatic heterocycles. The zero-order valence-electron chi connectivity index (χ0n) is 22.3. The third-order valence-corrected chi connectivity index (χ3v) is 8.00.